The molecule has 2 N–H and O–H groups in total. The van der Waals surface area contributed by atoms with E-state index >= 15 is 0 Å². The second kappa shape index (κ2) is 4.11. The second-order valence-corrected chi connectivity index (χ2v) is 5.00. The number of hydrogen-bond acceptors (Lipinski definition) is 2. The molecule has 2 aromatic rings. The predicted molar refractivity (Wildman–Crippen MR) is 67.7 cm³/mol. The van der Waals surface area contributed by atoms with E-state index in [2.05, 4.69) is 13.8 Å². The largest absolute Gasteiger partial charge is 0.459 e. The Hall–Kier alpha value is -0.990. The van der Waals surface area contributed by atoms with Crippen molar-refractivity contribution in [3.63, 3.8) is 0 Å². The van der Waals surface area contributed by atoms with E-state index < -0.39 is 0 Å². The van der Waals surface area contributed by atoms with Crippen molar-refractivity contribution >= 4 is 22.6 Å². The van der Waals surface area contributed by atoms with E-state index in [1.807, 2.05) is 25.1 Å². The number of rotatable bonds is 2. The Balaban J connectivity index is 2.56. The van der Waals surface area contributed by atoms with Crippen LogP contribution in [0.2, 0.25) is 5.02 Å². The molecule has 0 spiro atoms. The lowest BCUT2D eigenvalue weighted by atomic mass is 10.0. The van der Waals surface area contributed by atoms with Gasteiger partial charge in [0.2, 0.25) is 0 Å². The lowest BCUT2D eigenvalue weighted by Gasteiger charge is -2.11. The van der Waals surface area contributed by atoms with E-state index in [0.717, 1.165) is 27.3 Å². The monoisotopic (exact) mass is 237 g/mol. The summed E-state index contributed by atoms with van der Waals surface area (Å²) < 4.78 is 5.79. The van der Waals surface area contributed by atoms with Gasteiger partial charge in [-0.25, -0.2) is 0 Å². The first-order valence-corrected chi connectivity index (χ1v) is 5.82. The van der Waals surface area contributed by atoms with Crippen LogP contribution in [0.1, 0.15) is 31.2 Å². The van der Waals surface area contributed by atoms with E-state index in [9.17, 15) is 0 Å². The Morgan fingerprint density at radius 1 is 1.25 bits per heavy atom. The quantitative estimate of drug-likeness (QED) is 0.856. The van der Waals surface area contributed by atoms with Crippen LogP contribution < -0.4 is 5.73 Å². The molecule has 0 saturated heterocycles. The lowest BCUT2D eigenvalue weighted by molar-refractivity contribution is 0.418. The van der Waals surface area contributed by atoms with Crippen LogP contribution in [-0.2, 0) is 0 Å². The maximum Gasteiger partial charge on any atom is 0.137 e. The summed E-state index contributed by atoms with van der Waals surface area (Å²) in [5.74, 6) is 1.19. The van der Waals surface area contributed by atoms with Crippen molar-refractivity contribution < 1.29 is 4.42 Å². The second-order valence-electron chi connectivity index (χ2n) is 4.56. The van der Waals surface area contributed by atoms with Crippen LogP contribution in [0.4, 0.5) is 0 Å². The fourth-order valence-corrected chi connectivity index (χ4v) is 2.08. The van der Waals surface area contributed by atoms with Crippen molar-refractivity contribution in [2.45, 2.75) is 26.8 Å². The molecule has 0 saturated carbocycles. The molecule has 1 aromatic heterocycles. The highest BCUT2D eigenvalue weighted by Crippen LogP contribution is 2.30. The molecule has 0 aliphatic carbocycles. The van der Waals surface area contributed by atoms with E-state index in [1.165, 1.54) is 0 Å². The normalized spacial score (nSPS) is 13.6. The number of fused-ring (bicyclic) bond motifs is 1. The van der Waals surface area contributed by atoms with Gasteiger partial charge in [-0.3, -0.25) is 0 Å². The molecule has 0 bridgehead atoms. The van der Waals surface area contributed by atoms with E-state index in [1.54, 1.807) is 0 Å². The minimum Gasteiger partial charge on any atom is -0.459 e. The Kier molecular flexibility index (Phi) is 2.96. The lowest BCUT2D eigenvalue weighted by Crippen LogP contribution is -2.15. The van der Waals surface area contributed by atoms with E-state index in [-0.39, 0.29) is 6.04 Å². The van der Waals surface area contributed by atoms with Crippen LogP contribution >= 0.6 is 11.6 Å². The average molecular weight is 238 g/mol. The number of furan rings is 1. The molecular weight excluding hydrogens is 222 g/mol. The molecule has 0 aliphatic heterocycles. The molecular formula is C13H16ClNO. The summed E-state index contributed by atoms with van der Waals surface area (Å²) in [5, 5.41) is 1.76. The van der Waals surface area contributed by atoms with Gasteiger partial charge in [-0.05, 0) is 36.6 Å². The predicted octanol–water partition coefficient (Wildman–Crippen LogP) is 4.05. The maximum absolute atomic E-state index is 6.06. The first-order chi connectivity index (χ1) is 7.49. The van der Waals surface area contributed by atoms with E-state index in [4.69, 9.17) is 21.8 Å². The molecule has 0 unspecified atom stereocenters. The van der Waals surface area contributed by atoms with Crippen LogP contribution in [0.15, 0.2) is 22.6 Å². The van der Waals surface area contributed by atoms with Gasteiger partial charge in [-0.15, -0.1) is 0 Å². The number of hydrogen-bond donors (Lipinski definition) is 1. The number of benzene rings is 1. The van der Waals surface area contributed by atoms with Crippen molar-refractivity contribution in [2.24, 2.45) is 11.7 Å². The third kappa shape index (κ3) is 1.95. The van der Waals surface area contributed by atoms with Crippen molar-refractivity contribution in [3.8, 4) is 0 Å². The van der Waals surface area contributed by atoms with Crippen molar-refractivity contribution in [1.82, 2.24) is 0 Å². The molecule has 0 fully saturated rings. The molecule has 0 amide bonds. The van der Waals surface area contributed by atoms with Gasteiger partial charge in [0.05, 0.1) is 6.04 Å². The minimum atomic E-state index is -0.0643. The van der Waals surface area contributed by atoms with E-state index in [0.29, 0.717) is 5.92 Å². The minimum absolute atomic E-state index is 0.0643. The number of halogens is 1. The summed E-state index contributed by atoms with van der Waals surface area (Å²) in [6.07, 6.45) is 0. The van der Waals surface area contributed by atoms with Gasteiger partial charge in [0.25, 0.3) is 0 Å². The highest BCUT2D eigenvalue weighted by Gasteiger charge is 2.16. The first-order valence-electron chi connectivity index (χ1n) is 5.44. The summed E-state index contributed by atoms with van der Waals surface area (Å²) >= 11 is 6.00. The van der Waals surface area contributed by atoms with Gasteiger partial charge in [-0.2, -0.15) is 0 Å². The van der Waals surface area contributed by atoms with Crippen LogP contribution in [-0.4, -0.2) is 0 Å². The molecule has 1 atom stereocenters. The zero-order chi connectivity index (χ0) is 11.9. The Labute approximate surface area is 100 Å². The zero-order valence-electron chi connectivity index (χ0n) is 9.75. The van der Waals surface area contributed by atoms with Crippen molar-refractivity contribution in [1.29, 1.82) is 0 Å². The smallest absolute Gasteiger partial charge is 0.137 e. The zero-order valence-corrected chi connectivity index (χ0v) is 10.5. The highest BCUT2D eigenvalue weighted by atomic mass is 35.5. The number of nitrogens with two attached hydrogens (primary N) is 1. The van der Waals surface area contributed by atoms with Crippen LogP contribution in [0, 0.1) is 12.8 Å². The van der Waals surface area contributed by atoms with Gasteiger partial charge < -0.3 is 10.2 Å². The molecule has 0 radical (unpaired) electrons. The van der Waals surface area contributed by atoms with Gasteiger partial charge >= 0.3 is 0 Å². The molecule has 3 heteroatoms. The Morgan fingerprint density at radius 2 is 1.94 bits per heavy atom. The summed E-state index contributed by atoms with van der Waals surface area (Å²) in [5.41, 5.74) is 7.99. The molecule has 2 rings (SSSR count). The summed E-state index contributed by atoms with van der Waals surface area (Å²) in [6, 6.07) is 5.73. The molecule has 0 aliphatic rings. The van der Waals surface area contributed by atoms with Crippen molar-refractivity contribution in [3.05, 3.63) is 34.5 Å². The summed E-state index contributed by atoms with van der Waals surface area (Å²) in [4.78, 5) is 0. The summed E-state index contributed by atoms with van der Waals surface area (Å²) in [6.45, 7) is 6.15. The van der Waals surface area contributed by atoms with Crippen molar-refractivity contribution in [2.75, 3.05) is 0 Å². The molecule has 2 nitrogen and oxygen atoms in total. The molecule has 1 aromatic carbocycles. The maximum atomic E-state index is 6.06. The molecule has 16 heavy (non-hydrogen) atoms. The first kappa shape index (κ1) is 11.5. The fourth-order valence-electron chi connectivity index (χ4n) is 1.80. The average Bonchev–Trinajstić information content (AvgIpc) is 2.60. The topological polar surface area (TPSA) is 39.2 Å². The fraction of sp³-hybridized carbons (Fsp3) is 0.385. The summed E-state index contributed by atoms with van der Waals surface area (Å²) in [7, 11) is 0. The third-order valence-corrected chi connectivity index (χ3v) is 3.05. The van der Waals surface area contributed by atoms with Crippen LogP contribution in [0.25, 0.3) is 11.0 Å². The Bertz CT molecular complexity index is 516. The highest BCUT2D eigenvalue weighted by molar-refractivity contribution is 6.31. The van der Waals surface area contributed by atoms with Gasteiger partial charge in [0.1, 0.15) is 11.3 Å². The van der Waals surface area contributed by atoms with Crippen LogP contribution in [0.3, 0.4) is 0 Å². The Morgan fingerprint density at radius 3 is 2.56 bits per heavy atom. The standard InChI is InChI=1S/C13H16ClNO/c1-7(2)12(15)11-6-9-5-10(14)4-8(3)13(9)16-11/h4-7,12H,15H2,1-3H3/t12-/m1/s1. The van der Waals surface area contributed by atoms with Gasteiger partial charge in [0, 0.05) is 10.4 Å². The molecule has 1 heterocycles. The van der Waals surface area contributed by atoms with Gasteiger partial charge in [-0.1, -0.05) is 25.4 Å². The SMILES string of the molecule is Cc1cc(Cl)cc2cc([C@H](N)C(C)C)oc12. The molecule has 86 valence electrons. The van der Waals surface area contributed by atoms with Gasteiger partial charge in [0.15, 0.2) is 0 Å². The third-order valence-electron chi connectivity index (χ3n) is 2.83. The van der Waals surface area contributed by atoms with Crippen LogP contribution in [0.5, 0.6) is 0 Å². The number of aryl methyl sites for hydroxylation is 1.